The van der Waals surface area contributed by atoms with Crippen molar-refractivity contribution >= 4 is 0 Å². The fourth-order valence-corrected chi connectivity index (χ4v) is 1.16. The van der Waals surface area contributed by atoms with E-state index in [-0.39, 0.29) is 0 Å². The van der Waals surface area contributed by atoms with Gasteiger partial charge in [0.25, 0.3) is 0 Å². The Balaban J connectivity index is 2.42. The first-order valence-electron chi connectivity index (χ1n) is 4.81. The van der Waals surface area contributed by atoms with Gasteiger partial charge in [0, 0.05) is 12.7 Å². The average molecular weight is 221 g/mol. The van der Waals surface area contributed by atoms with E-state index in [2.05, 4.69) is 10.4 Å². The lowest BCUT2D eigenvalue weighted by Gasteiger charge is -2.05. The van der Waals surface area contributed by atoms with Crippen molar-refractivity contribution in [2.75, 3.05) is 6.54 Å². The molecule has 0 aromatic carbocycles. The van der Waals surface area contributed by atoms with Crippen LogP contribution >= 0.6 is 0 Å². The average Bonchev–Trinajstić information content (AvgIpc) is 2.50. The predicted molar refractivity (Wildman–Crippen MR) is 50.3 cm³/mol. The van der Waals surface area contributed by atoms with Crippen molar-refractivity contribution in [3.63, 3.8) is 0 Å². The Morgan fingerprint density at radius 3 is 2.80 bits per heavy atom. The minimum Gasteiger partial charge on any atom is -0.311 e. The molecular formula is C9H14F3N3. The first kappa shape index (κ1) is 12.0. The molecule has 6 heteroatoms. The number of aromatic nitrogens is 2. The van der Waals surface area contributed by atoms with Crippen LogP contribution in [0.4, 0.5) is 13.2 Å². The lowest BCUT2D eigenvalue weighted by atomic mass is 10.4. The second-order valence-electron chi connectivity index (χ2n) is 3.30. The van der Waals surface area contributed by atoms with E-state index >= 15 is 0 Å². The van der Waals surface area contributed by atoms with Crippen LogP contribution in [0.1, 0.15) is 19.0 Å². The van der Waals surface area contributed by atoms with Crippen LogP contribution in [0.3, 0.4) is 0 Å². The van der Waals surface area contributed by atoms with Crippen LogP contribution in [-0.4, -0.2) is 22.5 Å². The highest BCUT2D eigenvalue weighted by Gasteiger charge is 2.28. The summed E-state index contributed by atoms with van der Waals surface area (Å²) < 4.78 is 36.8. The minimum atomic E-state index is -4.21. The van der Waals surface area contributed by atoms with Crippen molar-refractivity contribution in [1.29, 1.82) is 0 Å². The van der Waals surface area contributed by atoms with Crippen LogP contribution in [0.25, 0.3) is 0 Å². The summed E-state index contributed by atoms with van der Waals surface area (Å²) in [4.78, 5) is 0. The molecule has 0 atom stereocenters. The molecule has 1 aromatic heterocycles. The third kappa shape index (κ3) is 4.83. The maximum Gasteiger partial charge on any atom is 0.408 e. The Bertz CT molecular complexity index is 293. The molecule has 86 valence electrons. The predicted octanol–water partition coefficient (Wildman–Crippen LogP) is 1.95. The Morgan fingerprint density at radius 2 is 2.20 bits per heavy atom. The van der Waals surface area contributed by atoms with E-state index in [1.54, 1.807) is 6.07 Å². The van der Waals surface area contributed by atoms with Gasteiger partial charge in [-0.3, -0.25) is 4.68 Å². The van der Waals surface area contributed by atoms with E-state index in [0.717, 1.165) is 17.6 Å². The maximum atomic E-state index is 12.0. The van der Waals surface area contributed by atoms with Gasteiger partial charge in [-0.25, -0.2) is 0 Å². The number of hydrogen-bond acceptors (Lipinski definition) is 2. The number of halogens is 3. The topological polar surface area (TPSA) is 29.9 Å². The molecule has 0 saturated carbocycles. The molecule has 0 saturated heterocycles. The zero-order valence-electron chi connectivity index (χ0n) is 8.51. The van der Waals surface area contributed by atoms with E-state index in [9.17, 15) is 13.2 Å². The van der Waals surface area contributed by atoms with E-state index in [4.69, 9.17) is 0 Å². The summed E-state index contributed by atoms with van der Waals surface area (Å²) in [6, 6.07) is 1.59. The van der Waals surface area contributed by atoms with Crippen molar-refractivity contribution < 1.29 is 13.2 Å². The van der Waals surface area contributed by atoms with Crippen LogP contribution in [0, 0.1) is 0 Å². The standard InChI is InChI=1S/C9H14F3N3/c1-2-4-13-6-8-3-5-15(14-8)7-9(10,11)12/h3,5,13H,2,4,6-7H2,1H3. The Labute approximate surface area is 86.3 Å². The van der Waals surface area contributed by atoms with E-state index in [1.807, 2.05) is 6.92 Å². The SMILES string of the molecule is CCCNCc1ccn(CC(F)(F)F)n1. The highest BCUT2D eigenvalue weighted by atomic mass is 19.4. The van der Waals surface area contributed by atoms with E-state index in [1.165, 1.54) is 6.20 Å². The van der Waals surface area contributed by atoms with Crippen LogP contribution in [0.2, 0.25) is 0 Å². The second-order valence-corrected chi connectivity index (χ2v) is 3.30. The lowest BCUT2D eigenvalue weighted by molar-refractivity contribution is -0.142. The van der Waals surface area contributed by atoms with E-state index in [0.29, 0.717) is 12.2 Å². The minimum absolute atomic E-state index is 0.513. The van der Waals surface area contributed by atoms with Crippen LogP contribution < -0.4 is 5.32 Å². The van der Waals surface area contributed by atoms with Gasteiger partial charge in [-0.15, -0.1) is 0 Å². The van der Waals surface area contributed by atoms with Gasteiger partial charge in [-0.2, -0.15) is 18.3 Å². The van der Waals surface area contributed by atoms with Crippen molar-refractivity contribution in [3.8, 4) is 0 Å². The third-order valence-electron chi connectivity index (χ3n) is 1.77. The molecule has 0 fully saturated rings. The van der Waals surface area contributed by atoms with Gasteiger partial charge in [0.1, 0.15) is 6.54 Å². The van der Waals surface area contributed by atoms with Gasteiger partial charge in [0.05, 0.1) is 5.69 Å². The normalized spacial score (nSPS) is 12.0. The molecular weight excluding hydrogens is 207 g/mol. The van der Waals surface area contributed by atoms with Crippen molar-refractivity contribution in [2.24, 2.45) is 0 Å². The summed E-state index contributed by atoms with van der Waals surface area (Å²) in [5.41, 5.74) is 0.632. The highest BCUT2D eigenvalue weighted by molar-refractivity contribution is 4.98. The molecule has 1 heterocycles. The zero-order chi connectivity index (χ0) is 11.3. The molecule has 0 aliphatic rings. The van der Waals surface area contributed by atoms with Gasteiger partial charge < -0.3 is 5.32 Å². The summed E-state index contributed by atoms with van der Waals surface area (Å²) >= 11 is 0. The Kier molecular flexibility index (Phi) is 4.14. The second kappa shape index (κ2) is 5.16. The number of alkyl halides is 3. The van der Waals surface area contributed by atoms with Crippen LogP contribution in [0.5, 0.6) is 0 Å². The zero-order valence-corrected chi connectivity index (χ0v) is 8.51. The molecule has 1 N–H and O–H groups in total. The molecule has 0 radical (unpaired) electrons. The molecule has 1 rings (SSSR count). The van der Waals surface area contributed by atoms with Crippen molar-refractivity contribution in [3.05, 3.63) is 18.0 Å². The number of nitrogens with zero attached hydrogens (tertiary/aromatic N) is 2. The van der Waals surface area contributed by atoms with Gasteiger partial charge in [-0.05, 0) is 19.0 Å². The lowest BCUT2D eigenvalue weighted by Crippen LogP contribution is -2.19. The molecule has 0 unspecified atom stereocenters. The van der Waals surface area contributed by atoms with Crippen molar-refractivity contribution in [1.82, 2.24) is 15.1 Å². The van der Waals surface area contributed by atoms with Gasteiger partial charge in [-0.1, -0.05) is 6.92 Å². The van der Waals surface area contributed by atoms with Crippen LogP contribution in [-0.2, 0) is 13.1 Å². The fourth-order valence-electron chi connectivity index (χ4n) is 1.16. The summed E-state index contributed by atoms with van der Waals surface area (Å²) in [6.07, 6.45) is -1.88. The fraction of sp³-hybridized carbons (Fsp3) is 0.667. The quantitative estimate of drug-likeness (QED) is 0.770. The molecule has 0 aliphatic heterocycles. The smallest absolute Gasteiger partial charge is 0.311 e. The summed E-state index contributed by atoms with van der Waals surface area (Å²) in [6.45, 7) is 2.35. The molecule has 0 aliphatic carbocycles. The summed E-state index contributed by atoms with van der Waals surface area (Å²) in [5.74, 6) is 0. The monoisotopic (exact) mass is 221 g/mol. The molecule has 0 amide bonds. The first-order chi connectivity index (χ1) is 7.01. The summed E-state index contributed by atoms with van der Waals surface area (Å²) in [5, 5.41) is 6.87. The molecule has 0 spiro atoms. The molecule has 0 bridgehead atoms. The number of nitrogens with one attached hydrogen (secondary N) is 1. The maximum absolute atomic E-state index is 12.0. The van der Waals surface area contributed by atoms with Gasteiger partial charge in [0.15, 0.2) is 0 Å². The Morgan fingerprint density at radius 1 is 1.47 bits per heavy atom. The van der Waals surface area contributed by atoms with Crippen molar-refractivity contribution in [2.45, 2.75) is 32.6 Å². The van der Waals surface area contributed by atoms with Gasteiger partial charge >= 0.3 is 6.18 Å². The molecule has 3 nitrogen and oxygen atoms in total. The number of hydrogen-bond donors (Lipinski definition) is 1. The van der Waals surface area contributed by atoms with Crippen LogP contribution in [0.15, 0.2) is 12.3 Å². The molecule has 15 heavy (non-hydrogen) atoms. The third-order valence-corrected chi connectivity index (χ3v) is 1.77. The van der Waals surface area contributed by atoms with Gasteiger partial charge in [0.2, 0.25) is 0 Å². The number of rotatable bonds is 5. The molecule has 1 aromatic rings. The summed E-state index contributed by atoms with van der Waals surface area (Å²) in [7, 11) is 0. The first-order valence-corrected chi connectivity index (χ1v) is 4.81. The highest BCUT2D eigenvalue weighted by Crippen LogP contribution is 2.16. The van der Waals surface area contributed by atoms with E-state index < -0.39 is 12.7 Å². The largest absolute Gasteiger partial charge is 0.408 e. The Hall–Kier alpha value is -1.04.